The van der Waals surface area contributed by atoms with Crippen LogP contribution >= 0.6 is 0 Å². The molecule has 2 rings (SSSR count). The number of rotatable bonds is 2. The van der Waals surface area contributed by atoms with Gasteiger partial charge in [-0.1, -0.05) is 25.1 Å². The van der Waals surface area contributed by atoms with E-state index in [1.807, 2.05) is 0 Å². The van der Waals surface area contributed by atoms with Crippen molar-refractivity contribution in [3.05, 3.63) is 29.3 Å². The number of para-hydroxylation sites is 1. The van der Waals surface area contributed by atoms with E-state index in [1.165, 1.54) is 11.1 Å². The van der Waals surface area contributed by atoms with Gasteiger partial charge in [-0.2, -0.15) is 0 Å². The van der Waals surface area contributed by atoms with Gasteiger partial charge in [0.2, 0.25) is 0 Å². The van der Waals surface area contributed by atoms with Crippen LogP contribution in [0.4, 0.5) is 0 Å². The lowest BCUT2D eigenvalue weighted by atomic mass is 9.98. The van der Waals surface area contributed by atoms with Gasteiger partial charge in [0.25, 0.3) is 0 Å². The van der Waals surface area contributed by atoms with Crippen LogP contribution in [0.15, 0.2) is 18.2 Å². The molecule has 1 aliphatic heterocycles. The van der Waals surface area contributed by atoms with Gasteiger partial charge >= 0.3 is 0 Å². The van der Waals surface area contributed by atoms with E-state index in [4.69, 9.17) is 4.74 Å². The van der Waals surface area contributed by atoms with Crippen molar-refractivity contribution >= 4 is 0 Å². The fourth-order valence-corrected chi connectivity index (χ4v) is 2.04. The molecule has 1 aliphatic rings. The lowest BCUT2D eigenvalue weighted by Crippen LogP contribution is -2.27. The SMILES string of the molecule is CCNC1CCOc2c(C)cccc21. The van der Waals surface area contributed by atoms with E-state index in [9.17, 15) is 0 Å². The van der Waals surface area contributed by atoms with Gasteiger partial charge in [0, 0.05) is 18.0 Å². The lowest BCUT2D eigenvalue weighted by Gasteiger charge is -2.27. The Morgan fingerprint density at radius 1 is 1.50 bits per heavy atom. The predicted octanol–water partition coefficient (Wildman–Crippen LogP) is 2.43. The average molecular weight is 191 g/mol. The largest absolute Gasteiger partial charge is 0.493 e. The van der Waals surface area contributed by atoms with Crippen molar-refractivity contribution in [1.82, 2.24) is 5.32 Å². The van der Waals surface area contributed by atoms with Crippen LogP contribution in [0.1, 0.15) is 30.5 Å². The normalized spacial score (nSPS) is 20.0. The van der Waals surface area contributed by atoms with E-state index < -0.39 is 0 Å². The first-order valence-electron chi connectivity index (χ1n) is 5.28. The molecule has 0 amide bonds. The highest BCUT2D eigenvalue weighted by atomic mass is 16.5. The van der Waals surface area contributed by atoms with Gasteiger partial charge < -0.3 is 10.1 Å². The van der Waals surface area contributed by atoms with Crippen LogP contribution in [0.25, 0.3) is 0 Å². The fourth-order valence-electron chi connectivity index (χ4n) is 2.04. The molecule has 2 heteroatoms. The van der Waals surface area contributed by atoms with Crippen molar-refractivity contribution in [2.75, 3.05) is 13.2 Å². The van der Waals surface area contributed by atoms with Gasteiger partial charge in [0.1, 0.15) is 5.75 Å². The van der Waals surface area contributed by atoms with Gasteiger partial charge in [-0.3, -0.25) is 0 Å². The van der Waals surface area contributed by atoms with Crippen LogP contribution in [0.3, 0.4) is 0 Å². The number of benzene rings is 1. The maximum atomic E-state index is 5.69. The van der Waals surface area contributed by atoms with E-state index in [0.717, 1.165) is 25.3 Å². The highest BCUT2D eigenvalue weighted by Crippen LogP contribution is 2.34. The number of aryl methyl sites for hydroxylation is 1. The minimum atomic E-state index is 0.476. The van der Waals surface area contributed by atoms with E-state index in [-0.39, 0.29) is 0 Å². The molecule has 0 radical (unpaired) electrons. The Labute approximate surface area is 85.3 Å². The van der Waals surface area contributed by atoms with Gasteiger partial charge in [-0.05, 0) is 19.0 Å². The molecule has 0 bridgehead atoms. The maximum Gasteiger partial charge on any atom is 0.126 e. The van der Waals surface area contributed by atoms with Gasteiger partial charge in [-0.25, -0.2) is 0 Å². The summed E-state index contributed by atoms with van der Waals surface area (Å²) in [6.07, 6.45) is 1.07. The molecule has 2 nitrogen and oxygen atoms in total. The highest BCUT2D eigenvalue weighted by Gasteiger charge is 2.21. The summed E-state index contributed by atoms with van der Waals surface area (Å²) in [5, 5.41) is 3.49. The van der Waals surface area contributed by atoms with Gasteiger partial charge in [0.05, 0.1) is 6.61 Å². The summed E-state index contributed by atoms with van der Waals surface area (Å²) < 4.78 is 5.69. The van der Waals surface area contributed by atoms with Crippen LogP contribution in [-0.2, 0) is 0 Å². The summed E-state index contributed by atoms with van der Waals surface area (Å²) in [5.74, 6) is 1.09. The van der Waals surface area contributed by atoms with Crippen LogP contribution in [0, 0.1) is 6.92 Å². The van der Waals surface area contributed by atoms with Crippen molar-refractivity contribution in [1.29, 1.82) is 0 Å². The third-order valence-electron chi connectivity index (χ3n) is 2.72. The standard InChI is InChI=1S/C12H17NO/c1-3-13-11-7-8-14-12-9(2)5-4-6-10(11)12/h4-6,11,13H,3,7-8H2,1-2H3. The second-order valence-electron chi connectivity index (χ2n) is 3.74. The Hall–Kier alpha value is -1.02. The number of nitrogens with one attached hydrogen (secondary N) is 1. The molecule has 0 saturated heterocycles. The second kappa shape index (κ2) is 4.01. The van der Waals surface area contributed by atoms with Crippen LogP contribution in [-0.4, -0.2) is 13.2 Å². The molecular formula is C12H17NO. The van der Waals surface area contributed by atoms with Crippen molar-refractivity contribution in [2.45, 2.75) is 26.3 Å². The van der Waals surface area contributed by atoms with Crippen molar-refractivity contribution < 1.29 is 4.74 Å². The molecule has 0 saturated carbocycles. The zero-order valence-corrected chi connectivity index (χ0v) is 8.84. The first-order chi connectivity index (χ1) is 6.83. The topological polar surface area (TPSA) is 21.3 Å². The van der Waals surface area contributed by atoms with E-state index in [0.29, 0.717) is 6.04 Å². The van der Waals surface area contributed by atoms with E-state index in [2.05, 4.69) is 37.4 Å². The minimum Gasteiger partial charge on any atom is -0.493 e. The Bertz CT molecular complexity index is 322. The summed E-state index contributed by atoms with van der Waals surface area (Å²) in [6, 6.07) is 6.85. The molecule has 0 fully saturated rings. The molecule has 1 heterocycles. The Morgan fingerprint density at radius 3 is 3.14 bits per heavy atom. The zero-order valence-electron chi connectivity index (χ0n) is 8.84. The van der Waals surface area contributed by atoms with Gasteiger partial charge in [0.15, 0.2) is 0 Å². The molecular weight excluding hydrogens is 174 g/mol. The summed E-state index contributed by atoms with van der Waals surface area (Å²) in [4.78, 5) is 0. The molecule has 0 aliphatic carbocycles. The fraction of sp³-hybridized carbons (Fsp3) is 0.500. The summed E-state index contributed by atoms with van der Waals surface area (Å²) >= 11 is 0. The highest BCUT2D eigenvalue weighted by molar-refractivity contribution is 5.43. The summed E-state index contributed by atoms with van der Waals surface area (Å²) in [7, 11) is 0. The number of hydrogen-bond acceptors (Lipinski definition) is 2. The number of ether oxygens (including phenoxy) is 1. The Kier molecular flexibility index (Phi) is 2.73. The molecule has 76 valence electrons. The van der Waals surface area contributed by atoms with E-state index >= 15 is 0 Å². The molecule has 1 aromatic carbocycles. The third kappa shape index (κ3) is 1.62. The van der Waals surface area contributed by atoms with Crippen molar-refractivity contribution in [3.63, 3.8) is 0 Å². The number of fused-ring (bicyclic) bond motifs is 1. The zero-order chi connectivity index (χ0) is 9.97. The number of hydrogen-bond donors (Lipinski definition) is 1. The second-order valence-corrected chi connectivity index (χ2v) is 3.74. The molecule has 1 unspecified atom stereocenters. The van der Waals surface area contributed by atoms with Crippen LogP contribution in [0.2, 0.25) is 0 Å². The van der Waals surface area contributed by atoms with E-state index in [1.54, 1.807) is 0 Å². The predicted molar refractivity (Wildman–Crippen MR) is 57.7 cm³/mol. The molecule has 1 aromatic rings. The smallest absolute Gasteiger partial charge is 0.126 e. The van der Waals surface area contributed by atoms with Crippen LogP contribution in [0.5, 0.6) is 5.75 Å². The Morgan fingerprint density at radius 2 is 2.36 bits per heavy atom. The van der Waals surface area contributed by atoms with Crippen LogP contribution < -0.4 is 10.1 Å². The third-order valence-corrected chi connectivity index (χ3v) is 2.72. The monoisotopic (exact) mass is 191 g/mol. The summed E-state index contributed by atoms with van der Waals surface area (Å²) in [6.45, 7) is 6.09. The molecule has 0 spiro atoms. The average Bonchev–Trinajstić information content (AvgIpc) is 2.20. The molecule has 0 aromatic heterocycles. The molecule has 14 heavy (non-hydrogen) atoms. The lowest BCUT2D eigenvalue weighted by molar-refractivity contribution is 0.252. The molecule has 1 N–H and O–H groups in total. The first kappa shape index (κ1) is 9.53. The van der Waals surface area contributed by atoms with Crippen molar-refractivity contribution in [3.8, 4) is 5.75 Å². The van der Waals surface area contributed by atoms with Gasteiger partial charge in [-0.15, -0.1) is 0 Å². The first-order valence-corrected chi connectivity index (χ1v) is 5.28. The molecule has 1 atom stereocenters. The quantitative estimate of drug-likeness (QED) is 0.775. The Balaban J connectivity index is 2.34. The summed E-state index contributed by atoms with van der Waals surface area (Å²) in [5.41, 5.74) is 2.56. The minimum absolute atomic E-state index is 0.476. The maximum absolute atomic E-state index is 5.69. The van der Waals surface area contributed by atoms with Crippen molar-refractivity contribution in [2.24, 2.45) is 0 Å².